The largest absolute Gasteiger partial charge is 0.457 e. The number of cyclic esters (lactones) is 1. The van der Waals surface area contributed by atoms with Gasteiger partial charge >= 0.3 is 5.97 Å². The van der Waals surface area contributed by atoms with Crippen molar-refractivity contribution in [2.24, 2.45) is 0 Å². The molecule has 3 rings (SSSR count). The highest BCUT2D eigenvalue weighted by molar-refractivity contribution is 5.73. The topological polar surface area (TPSA) is 55.8 Å². The minimum absolute atomic E-state index is 0.00125. The Hall–Kier alpha value is -2.17. The van der Waals surface area contributed by atoms with Gasteiger partial charge in [-0.15, -0.1) is 0 Å². The number of carbonyl (C=O) groups excluding carboxylic acids is 1. The molecule has 2 aromatic carbocycles. The maximum Gasteiger partial charge on any atom is 0.309 e. The summed E-state index contributed by atoms with van der Waals surface area (Å²) in [5, 5.41) is 10.8. The van der Waals surface area contributed by atoms with E-state index in [0.29, 0.717) is 13.0 Å². The highest BCUT2D eigenvalue weighted by Crippen LogP contribution is 2.31. The molecule has 23 heavy (non-hydrogen) atoms. The van der Waals surface area contributed by atoms with Crippen molar-refractivity contribution >= 4 is 5.97 Å². The van der Waals surface area contributed by atoms with E-state index in [4.69, 9.17) is 9.47 Å². The van der Waals surface area contributed by atoms with Gasteiger partial charge in [0.25, 0.3) is 0 Å². The molecule has 0 unspecified atom stereocenters. The van der Waals surface area contributed by atoms with Crippen LogP contribution in [0.25, 0.3) is 0 Å². The van der Waals surface area contributed by atoms with Crippen LogP contribution in [0.3, 0.4) is 0 Å². The van der Waals surface area contributed by atoms with Crippen LogP contribution in [0.5, 0.6) is 0 Å². The first-order valence-corrected chi connectivity index (χ1v) is 7.73. The van der Waals surface area contributed by atoms with E-state index >= 15 is 0 Å². The van der Waals surface area contributed by atoms with Crippen LogP contribution >= 0.6 is 0 Å². The fourth-order valence-corrected chi connectivity index (χ4v) is 2.85. The highest BCUT2D eigenvalue weighted by Gasteiger charge is 2.47. The Labute approximate surface area is 135 Å². The Morgan fingerprint density at radius 1 is 1.04 bits per heavy atom. The molecular weight excluding hydrogens is 292 g/mol. The normalized spacial score (nSPS) is 23.7. The predicted octanol–water partition coefficient (Wildman–Crippen LogP) is 2.49. The smallest absolute Gasteiger partial charge is 0.309 e. The van der Waals surface area contributed by atoms with Crippen molar-refractivity contribution in [1.82, 2.24) is 0 Å². The Morgan fingerprint density at radius 2 is 1.65 bits per heavy atom. The van der Waals surface area contributed by atoms with Gasteiger partial charge in [0.15, 0.2) is 6.10 Å². The third kappa shape index (κ3) is 3.97. The molecule has 0 amide bonds. The Balaban J connectivity index is 1.61. The molecule has 0 aromatic heterocycles. The minimum atomic E-state index is -1.21. The average Bonchev–Trinajstić information content (AvgIpc) is 2.83. The number of carbonyl (C=O) groups is 1. The summed E-state index contributed by atoms with van der Waals surface area (Å²) in [6, 6.07) is 19.4. The second-order valence-corrected chi connectivity index (χ2v) is 5.92. The number of hydrogen-bond acceptors (Lipinski definition) is 4. The Kier molecular flexibility index (Phi) is 4.74. The Morgan fingerprint density at radius 3 is 2.30 bits per heavy atom. The Bertz CT molecular complexity index is 641. The summed E-state index contributed by atoms with van der Waals surface area (Å²) in [5.41, 5.74) is 0.805. The molecule has 0 spiro atoms. The first kappa shape index (κ1) is 15.7. The maximum atomic E-state index is 11.7. The molecule has 0 saturated carbocycles. The van der Waals surface area contributed by atoms with Crippen LogP contribution < -0.4 is 0 Å². The first-order valence-electron chi connectivity index (χ1n) is 7.73. The monoisotopic (exact) mass is 312 g/mol. The molecule has 1 heterocycles. The lowest BCUT2D eigenvalue weighted by molar-refractivity contribution is -0.146. The molecule has 1 aliphatic rings. The summed E-state index contributed by atoms with van der Waals surface area (Å²) in [7, 11) is 0. The minimum Gasteiger partial charge on any atom is -0.457 e. The van der Waals surface area contributed by atoms with Crippen molar-refractivity contribution in [3.63, 3.8) is 0 Å². The van der Waals surface area contributed by atoms with E-state index in [9.17, 15) is 9.90 Å². The van der Waals surface area contributed by atoms with Crippen molar-refractivity contribution in [3.05, 3.63) is 71.8 Å². The van der Waals surface area contributed by atoms with Crippen molar-refractivity contribution in [2.45, 2.75) is 31.2 Å². The van der Waals surface area contributed by atoms with Crippen LogP contribution in [-0.4, -0.2) is 29.4 Å². The van der Waals surface area contributed by atoms with Gasteiger partial charge < -0.3 is 14.6 Å². The van der Waals surface area contributed by atoms with E-state index in [0.717, 1.165) is 11.1 Å². The van der Waals surface area contributed by atoms with Crippen LogP contribution in [-0.2, 0) is 27.3 Å². The summed E-state index contributed by atoms with van der Waals surface area (Å²) >= 11 is 0. The number of esters is 1. The number of rotatable bonds is 6. The van der Waals surface area contributed by atoms with Gasteiger partial charge in [-0.05, 0) is 11.1 Å². The molecule has 1 saturated heterocycles. The van der Waals surface area contributed by atoms with Crippen molar-refractivity contribution < 1.29 is 19.4 Å². The number of benzene rings is 2. The maximum absolute atomic E-state index is 11.7. The van der Waals surface area contributed by atoms with Gasteiger partial charge in [-0.25, -0.2) is 0 Å². The highest BCUT2D eigenvalue weighted by atomic mass is 16.6. The molecule has 2 atom stereocenters. The van der Waals surface area contributed by atoms with E-state index in [1.165, 1.54) is 0 Å². The van der Waals surface area contributed by atoms with Gasteiger partial charge in [0.05, 0.1) is 19.6 Å². The molecule has 0 bridgehead atoms. The summed E-state index contributed by atoms with van der Waals surface area (Å²) in [6.07, 6.45) is -0.265. The molecule has 4 heteroatoms. The van der Waals surface area contributed by atoms with Crippen LogP contribution in [0.1, 0.15) is 17.5 Å². The summed E-state index contributed by atoms with van der Waals surface area (Å²) in [5.74, 6) is -0.378. The standard InChI is InChI=1S/C19H20O4/c20-18-12-19(21,11-15-7-3-1-4-8-15)17(23-18)14-22-13-16-9-5-2-6-10-16/h1-10,17,21H,11-14H2/t17-,19+/m1/s1. The SMILES string of the molecule is O=C1C[C@@](O)(Cc2ccccc2)[C@@H](COCc2ccccc2)O1. The van der Waals surface area contributed by atoms with Crippen molar-refractivity contribution in [3.8, 4) is 0 Å². The first-order chi connectivity index (χ1) is 11.2. The second-order valence-electron chi connectivity index (χ2n) is 5.92. The molecule has 0 aliphatic carbocycles. The summed E-state index contributed by atoms with van der Waals surface area (Å²) in [4.78, 5) is 11.7. The molecule has 4 nitrogen and oxygen atoms in total. The van der Waals surface area contributed by atoms with Crippen LogP contribution in [0.4, 0.5) is 0 Å². The van der Waals surface area contributed by atoms with Gasteiger partial charge in [0.1, 0.15) is 5.60 Å². The van der Waals surface area contributed by atoms with Gasteiger partial charge in [-0.2, -0.15) is 0 Å². The van der Waals surface area contributed by atoms with E-state index in [1.54, 1.807) is 0 Å². The molecule has 2 aromatic rings. The average molecular weight is 312 g/mol. The number of aliphatic hydroxyl groups is 1. The molecule has 1 N–H and O–H groups in total. The van der Waals surface area contributed by atoms with Gasteiger partial charge in [0, 0.05) is 6.42 Å². The van der Waals surface area contributed by atoms with E-state index in [2.05, 4.69) is 0 Å². The molecular formula is C19H20O4. The zero-order valence-corrected chi connectivity index (χ0v) is 12.9. The fourth-order valence-electron chi connectivity index (χ4n) is 2.85. The lowest BCUT2D eigenvalue weighted by Gasteiger charge is -2.27. The summed E-state index contributed by atoms with van der Waals surface area (Å²) < 4.78 is 10.9. The number of ether oxygens (including phenoxy) is 2. The van der Waals surface area contributed by atoms with Gasteiger partial charge in [-0.1, -0.05) is 60.7 Å². The van der Waals surface area contributed by atoms with Gasteiger partial charge in [-0.3, -0.25) is 4.79 Å². The molecule has 1 fully saturated rings. The lowest BCUT2D eigenvalue weighted by Crippen LogP contribution is -2.43. The van der Waals surface area contributed by atoms with E-state index < -0.39 is 11.7 Å². The molecule has 120 valence electrons. The zero-order valence-electron chi connectivity index (χ0n) is 12.9. The van der Waals surface area contributed by atoms with E-state index in [1.807, 2.05) is 60.7 Å². The van der Waals surface area contributed by atoms with Crippen LogP contribution in [0.2, 0.25) is 0 Å². The van der Waals surface area contributed by atoms with E-state index in [-0.39, 0.29) is 19.0 Å². The van der Waals surface area contributed by atoms with Crippen molar-refractivity contribution in [1.29, 1.82) is 0 Å². The van der Waals surface area contributed by atoms with Crippen LogP contribution in [0, 0.1) is 0 Å². The van der Waals surface area contributed by atoms with Gasteiger partial charge in [0.2, 0.25) is 0 Å². The summed E-state index contributed by atoms with van der Waals surface area (Å²) in [6.45, 7) is 0.611. The second kappa shape index (κ2) is 6.94. The van der Waals surface area contributed by atoms with Crippen molar-refractivity contribution in [2.75, 3.05) is 6.61 Å². The van der Waals surface area contributed by atoms with Crippen LogP contribution in [0.15, 0.2) is 60.7 Å². The predicted molar refractivity (Wildman–Crippen MR) is 85.7 cm³/mol. The lowest BCUT2D eigenvalue weighted by atomic mass is 9.88. The third-order valence-corrected chi connectivity index (χ3v) is 4.06. The third-order valence-electron chi connectivity index (χ3n) is 4.06. The number of hydrogen-bond donors (Lipinski definition) is 1. The zero-order chi connectivity index (χ0) is 16.1. The molecule has 1 aliphatic heterocycles. The quantitative estimate of drug-likeness (QED) is 0.833. The molecule has 0 radical (unpaired) electrons. The fraction of sp³-hybridized carbons (Fsp3) is 0.316.